The van der Waals surface area contributed by atoms with Crippen molar-refractivity contribution in [2.45, 2.75) is 38.5 Å². The lowest BCUT2D eigenvalue weighted by atomic mass is 9.93. The van der Waals surface area contributed by atoms with Gasteiger partial charge >= 0.3 is 0 Å². The zero-order valence-electron chi connectivity index (χ0n) is 16.0. The molecule has 0 bridgehead atoms. The first-order chi connectivity index (χ1) is 12.7. The van der Waals surface area contributed by atoms with Crippen LogP contribution in [0, 0.1) is 5.92 Å². The number of hydrogen-bond acceptors (Lipinski definition) is 4. The van der Waals surface area contributed by atoms with Crippen molar-refractivity contribution in [2.24, 2.45) is 5.92 Å². The summed E-state index contributed by atoms with van der Waals surface area (Å²) in [5.41, 5.74) is 1.18. The van der Waals surface area contributed by atoms with Crippen LogP contribution in [-0.4, -0.2) is 50.0 Å². The molecule has 3 rings (SSSR count). The Balaban J connectivity index is 0.00000261. The highest BCUT2D eigenvalue weighted by atomic mass is 35.5. The van der Waals surface area contributed by atoms with Crippen LogP contribution in [0.4, 0.5) is 5.69 Å². The summed E-state index contributed by atoms with van der Waals surface area (Å²) in [5.74, 6) is 1.20. The molecule has 2 aliphatic rings. The van der Waals surface area contributed by atoms with E-state index in [2.05, 4.69) is 10.6 Å². The molecule has 2 fully saturated rings. The lowest BCUT2D eigenvalue weighted by Gasteiger charge is -2.22. The maximum absolute atomic E-state index is 12.6. The number of rotatable bonds is 6. The standard InChI is InChI=1S/C20H29N3O3.ClH/c1-26-18-6-5-16(20(25)23-12-2-3-13-23)14-17(18)22-19(24)7-4-15-8-10-21-11-9-15;/h5-6,14-15,21H,2-4,7-13H2,1H3,(H,22,24);1H. The van der Waals surface area contributed by atoms with E-state index < -0.39 is 0 Å². The molecule has 0 aliphatic carbocycles. The third-order valence-electron chi connectivity index (χ3n) is 5.35. The van der Waals surface area contributed by atoms with Gasteiger partial charge in [-0.15, -0.1) is 12.4 Å². The molecule has 0 saturated carbocycles. The second kappa shape index (κ2) is 10.5. The number of benzene rings is 1. The van der Waals surface area contributed by atoms with Crippen molar-refractivity contribution in [3.63, 3.8) is 0 Å². The second-order valence-corrected chi connectivity index (χ2v) is 7.19. The van der Waals surface area contributed by atoms with Crippen LogP contribution in [0.25, 0.3) is 0 Å². The number of nitrogens with zero attached hydrogens (tertiary/aromatic N) is 1. The van der Waals surface area contributed by atoms with Crippen molar-refractivity contribution >= 4 is 29.9 Å². The highest BCUT2D eigenvalue weighted by Crippen LogP contribution is 2.27. The maximum Gasteiger partial charge on any atom is 0.253 e. The molecule has 27 heavy (non-hydrogen) atoms. The summed E-state index contributed by atoms with van der Waals surface area (Å²) in [6, 6.07) is 5.26. The Morgan fingerprint density at radius 3 is 2.59 bits per heavy atom. The fraction of sp³-hybridized carbons (Fsp3) is 0.600. The monoisotopic (exact) mass is 395 g/mol. The number of amides is 2. The van der Waals surface area contributed by atoms with Crippen LogP contribution in [0.5, 0.6) is 5.75 Å². The SMILES string of the molecule is COc1ccc(C(=O)N2CCCC2)cc1NC(=O)CCC1CCNCC1.Cl. The number of anilines is 1. The maximum atomic E-state index is 12.6. The van der Waals surface area contributed by atoms with Gasteiger partial charge in [0.15, 0.2) is 0 Å². The Hall–Kier alpha value is -1.79. The molecule has 1 aromatic carbocycles. The smallest absolute Gasteiger partial charge is 0.253 e. The summed E-state index contributed by atoms with van der Waals surface area (Å²) in [7, 11) is 1.57. The molecule has 0 atom stereocenters. The van der Waals surface area contributed by atoms with Gasteiger partial charge in [0, 0.05) is 25.1 Å². The van der Waals surface area contributed by atoms with E-state index in [1.54, 1.807) is 25.3 Å². The Bertz CT molecular complexity index is 641. The highest BCUT2D eigenvalue weighted by Gasteiger charge is 2.21. The number of ether oxygens (including phenoxy) is 1. The average molecular weight is 396 g/mol. The number of likely N-dealkylation sites (tertiary alicyclic amines) is 1. The number of carbonyl (C=O) groups is 2. The van der Waals surface area contributed by atoms with Crippen LogP contribution < -0.4 is 15.4 Å². The summed E-state index contributed by atoms with van der Waals surface area (Å²) in [6.45, 7) is 3.70. The van der Waals surface area contributed by atoms with E-state index >= 15 is 0 Å². The van der Waals surface area contributed by atoms with Crippen LogP contribution in [0.1, 0.15) is 48.9 Å². The van der Waals surface area contributed by atoms with Crippen LogP contribution in [-0.2, 0) is 4.79 Å². The zero-order valence-corrected chi connectivity index (χ0v) is 16.8. The zero-order chi connectivity index (χ0) is 18.4. The van der Waals surface area contributed by atoms with Crippen molar-refractivity contribution in [3.05, 3.63) is 23.8 Å². The van der Waals surface area contributed by atoms with Crippen LogP contribution in [0.3, 0.4) is 0 Å². The summed E-state index contributed by atoms with van der Waals surface area (Å²) < 4.78 is 5.35. The van der Waals surface area contributed by atoms with Crippen LogP contribution in [0.2, 0.25) is 0 Å². The molecule has 0 aromatic heterocycles. The predicted octanol–water partition coefficient (Wildman–Crippen LogP) is 3.07. The molecule has 6 nitrogen and oxygen atoms in total. The topological polar surface area (TPSA) is 70.7 Å². The minimum atomic E-state index is -0.0207. The first-order valence-corrected chi connectivity index (χ1v) is 9.65. The second-order valence-electron chi connectivity index (χ2n) is 7.19. The van der Waals surface area contributed by atoms with Gasteiger partial charge in [-0.1, -0.05) is 0 Å². The molecule has 0 radical (unpaired) electrons. The van der Waals surface area contributed by atoms with Gasteiger partial charge in [0.05, 0.1) is 12.8 Å². The molecule has 1 aromatic rings. The van der Waals surface area contributed by atoms with Crippen molar-refractivity contribution in [2.75, 3.05) is 38.6 Å². The van der Waals surface area contributed by atoms with Crippen molar-refractivity contribution in [1.29, 1.82) is 0 Å². The number of carbonyl (C=O) groups excluding carboxylic acids is 2. The molecule has 2 aliphatic heterocycles. The number of hydrogen-bond donors (Lipinski definition) is 2. The molecule has 7 heteroatoms. The van der Waals surface area contributed by atoms with Crippen molar-refractivity contribution in [1.82, 2.24) is 10.2 Å². The first kappa shape index (κ1) is 21.5. The summed E-state index contributed by atoms with van der Waals surface area (Å²) >= 11 is 0. The molecule has 2 amide bonds. The third-order valence-corrected chi connectivity index (χ3v) is 5.35. The van der Waals surface area contributed by atoms with E-state index in [-0.39, 0.29) is 24.2 Å². The van der Waals surface area contributed by atoms with E-state index in [1.165, 1.54) is 0 Å². The molecule has 0 unspecified atom stereocenters. The molecular formula is C20H30ClN3O3. The van der Waals surface area contributed by atoms with E-state index in [0.717, 1.165) is 58.3 Å². The van der Waals surface area contributed by atoms with E-state index in [9.17, 15) is 9.59 Å². The normalized spacial score (nSPS) is 17.3. The number of halogens is 1. The molecular weight excluding hydrogens is 366 g/mol. The van der Waals surface area contributed by atoms with Crippen LogP contribution >= 0.6 is 12.4 Å². The highest BCUT2D eigenvalue weighted by molar-refractivity contribution is 5.98. The number of nitrogens with one attached hydrogen (secondary N) is 2. The van der Waals surface area contributed by atoms with Crippen molar-refractivity contribution in [3.8, 4) is 5.75 Å². The largest absolute Gasteiger partial charge is 0.495 e. The van der Waals surface area contributed by atoms with Gasteiger partial charge in [-0.05, 0) is 69.3 Å². The fourth-order valence-electron chi connectivity index (χ4n) is 3.76. The number of methoxy groups -OCH3 is 1. The summed E-state index contributed by atoms with van der Waals surface area (Å²) in [6.07, 6.45) is 5.79. The van der Waals surface area contributed by atoms with Gasteiger partial charge in [-0.3, -0.25) is 9.59 Å². The van der Waals surface area contributed by atoms with E-state index in [1.807, 2.05) is 4.90 Å². The fourth-order valence-corrected chi connectivity index (χ4v) is 3.76. The lowest BCUT2D eigenvalue weighted by Crippen LogP contribution is -2.28. The number of piperidine rings is 1. The third kappa shape index (κ3) is 5.84. The molecule has 2 saturated heterocycles. The average Bonchev–Trinajstić information content (AvgIpc) is 3.21. The van der Waals surface area contributed by atoms with Crippen LogP contribution in [0.15, 0.2) is 18.2 Å². The van der Waals surface area contributed by atoms with Gasteiger partial charge in [0.2, 0.25) is 5.91 Å². The minimum Gasteiger partial charge on any atom is -0.495 e. The Labute approximate surface area is 167 Å². The Morgan fingerprint density at radius 1 is 1.22 bits per heavy atom. The lowest BCUT2D eigenvalue weighted by molar-refractivity contribution is -0.116. The van der Waals surface area contributed by atoms with E-state index in [4.69, 9.17) is 4.74 Å². The Morgan fingerprint density at radius 2 is 1.93 bits per heavy atom. The van der Waals surface area contributed by atoms with Gasteiger partial charge in [0.25, 0.3) is 5.91 Å². The quantitative estimate of drug-likeness (QED) is 0.776. The van der Waals surface area contributed by atoms with Gasteiger partial charge in [-0.2, -0.15) is 0 Å². The molecule has 0 spiro atoms. The predicted molar refractivity (Wildman–Crippen MR) is 109 cm³/mol. The molecule has 150 valence electrons. The molecule has 2 heterocycles. The van der Waals surface area contributed by atoms with Gasteiger partial charge in [0.1, 0.15) is 5.75 Å². The molecule has 2 N–H and O–H groups in total. The summed E-state index contributed by atoms with van der Waals surface area (Å²) in [4.78, 5) is 26.8. The summed E-state index contributed by atoms with van der Waals surface area (Å²) in [5, 5.41) is 6.28. The van der Waals surface area contributed by atoms with E-state index in [0.29, 0.717) is 29.3 Å². The van der Waals surface area contributed by atoms with Gasteiger partial charge in [-0.25, -0.2) is 0 Å². The Kier molecular flexibility index (Phi) is 8.38. The van der Waals surface area contributed by atoms with Crippen molar-refractivity contribution < 1.29 is 14.3 Å². The minimum absolute atomic E-state index is 0. The van der Waals surface area contributed by atoms with Gasteiger partial charge < -0.3 is 20.3 Å². The first-order valence-electron chi connectivity index (χ1n) is 9.65.